The molecule has 0 fully saturated rings. The molecule has 1 amide bonds. The Labute approximate surface area is 145 Å². The van der Waals surface area contributed by atoms with Gasteiger partial charge in [0.05, 0.1) is 18.0 Å². The van der Waals surface area contributed by atoms with Gasteiger partial charge in [0, 0.05) is 12.2 Å². The smallest absolute Gasteiger partial charge is 0.399 e. The Kier molecular flexibility index (Phi) is 5.72. The van der Waals surface area contributed by atoms with Crippen LogP contribution in [0.3, 0.4) is 0 Å². The number of alkyl halides is 3. The van der Waals surface area contributed by atoms with E-state index in [0.29, 0.717) is 17.8 Å². The summed E-state index contributed by atoms with van der Waals surface area (Å²) in [6, 6.07) is 11.6. The molecule has 6 heteroatoms. The number of nitrogens with zero attached hydrogens (tertiary/aromatic N) is 1. The highest BCUT2D eigenvalue weighted by molar-refractivity contribution is 5.79. The van der Waals surface area contributed by atoms with Crippen LogP contribution in [0.1, 0.15) is 36.6 Å². The van der Waals surface area contributed by atoms with E-state index in [0.717, 1.165) is 17.7 Å². The van der Waals surface area contributed by atoms with E-state index in [2.05, 4.69) is 0 Å². The first kappa shape index (κ1) is 18.8. The van der Waals surface area contributed by atoms with Gasteiger partial charge in [0.2, 0.25) is 5.91 Å². The van der Waals surface area contributed by atoms with E-state index in [9.17, 15) is 18.0 Å². The molecule has 3 nitrogen and oxygen atoms in total. The topological polar surface area (TPSA) is 46.3 Å². The van der Waals surface area contributed by atoms with Gasteiger partial charge in [0.25, 0.3) is 0 Å². The van der Waals surface area contributed by atoms with Gasteiger partial charge in [0.15, 0.2) is 0 Å². The van der Waals surface area contributed by atoms with E-state index in [4.69, 9.17) is 5.73 Å². The molecule has 134 valence electrons. The second-order valence-corrected chi connectivity index (χ2v) is 5.90. The minimum atomic E-state index is -4.40. The van der Waals surface area contributed by atoms with Gasteiger partial charge >= 0.3 is 6.18 Å². The van der Waals surface area contributed by atoms with Gasteiger partial charge in [0.1, 0.15) is 0 Å². The van der Waals surface area contributed by atoms with Gasteiger partial charge in [-0.05, 0) is 49.2 Å². The molecule has 0 aromatic heterocycles. The van der Waals surface area contributed by atoms with Gasteiger partial charge in [-0.2, -0.15) is 13.2 Å². The molecule has 2 N–H and O–H groups in total. The van der Waals surface area contributed by atoms with Crippen LogP contribution >= 0.6 is 0 Å². The number of carbonyl (C=O) groups is 1. The molecule has 2 aromatic carbocycles. The largest absolute Gasteiger partial charge is 0.416 e. The maximum atomic E-state index is 12.9. The number of nitrogen functional groups attached to an aromatic ring is 1. The SMILES string of the molecule is CCN(C(=O)Cc1ccc(N)cc1)C(C)c1cccc(C(F)(F)F)c1. The number of rotatable bonds is 5. The number of hydrogen-bond acceptors (Lipinski definition) is 2. The predicted octanol–water partition coefficient (Wildman–Crippen LogP) is 4.44. The molecular weight excluding hydrogens is 329 g/mol. The van der Waals surface area contributed by atoms with Gasteiger partial charge in [-0.15, -0.1) is 0 Å². The first-order chi connectivity index (χ1) is 11.7. The van der Waals surface area contributed by atoms with Crippen LogP contribution < -0.4 is 5.73 Å². The number of benzene rings is 2. The number of likely N-dealkylation sites (N-methyl/N-ethyl adjacent to an activating group) is 1. The Bertz CT molecular complexity index is 726. The zero-order chi connectivity index (χ0) is 18.6. The maximum absolute atomic E-state index is 12.9. The zero-order valence-electron chi connectivity index (χ0n) is 14.2. The number of halogens is 3. The maximum Gasteiger partial charge on any atom is 0.416 e. The molecule has 1 atom stereocenters. The number of anilines is 1. The van der Waals surface area contributed by atoms with Gasteiger partial charge < -0.3 is 10.6 Å². The summed E-state index contributed by atoms with van der Waals surface area (Å²) < 4.78 is 38.7. The minimum Gasteiger partial charge on any atom is -0.399 e. The van der Waals surface area contributed by atoms with Crippen molar-refractivity contribution < 1.29 is 18.0 Å². The van der Waals surface area contributed by atoms with Gasteiger partial charge in [-0.3, -0.25) is 4.79 Å². The van der Waals surface area contributed by atoms with Crippen LogP contribution in [0.25, 0.3) is 0 Å². The molecule has 0 saturated carbocycles. The van der Waals surface area contributed by atoms with Crippen LogP contribution in [-0.4, -0.2) is 17.4 Å². The van der Waals surface area contributed by atoms with E-state index in [1.54, 1.807) is 42.2 Å². The number of hydrogen-bond donors (Lipinski definition) is 1. The van der Waals surface area contributed by atoms with E-state index in [1.807, 2.05) is 6.92 Å². The fourth-order valence-corrected chi connectivity index (χ4v) is 2.73. The first-order valence-electron chi connectivity index (χ1n) is 8.03. The molecule has 0 aliphatic carbocycles. The van der Waals surface area contributed by atoms with Crippen molar-refractivity contribution >= 4 is 11.6 Å². The van der Waals surface area contributed by atoms with Gasteiger partial charge in [-0.1, -0.05) is 24.3 Å². The fourth-order valence-electron chi connectivity index (χ4n) is 2.73. The summed E-state index contributed by atoms with van der Waals surface area (Å²) in [5.41, 5.74) is 6.81. The summed E-state index contributed by atoms with van der Waals surface area (Å²) in [6.45, 7) is 3.95. The van der Waals surface area contributed by atoms with Crippen LogP contribution in [0.4, 0.5) is 18.9 Å². The lowest BCUT2D eigenvalue weighted by molar-refractivity contribution is -0.137. The average Bonchev–Trinajstić information content (AvgIpc) is 2.57. The summed E-state index contributed by atoms with van der Waals surface area (Å²) in [7, 11) is 0. The predicted molar refractivity (Wildman–Crippen MR) is 91.8 cm³/mol. The van der Waals surface area contributed by atoms with Crippen LogP contribution in [0.15, 0.2) is 48.5 Å². The molecule has 0 heterocycles. The molecule has 0 bridgehead atoms. The van der Waals surface area contributed by atoms with Crippen molar-refractivity contribution in [2.75, 3.05) is 12.3 Å². The normalized spacial score (nSPS) is 12.7. The summed E-state index contributed by atoms with van der Waals surface area (Å²) in [5.74, 6) is -0.141. The van der Waals surface area contributed by atoms with E-state index in [1.165, 1.54) is 6.07 Å². The highest BCUT2D eigenvalue weighted by Gasteiger charge is 2.31. The van der Waals surface area contributed by atoms with Crippen molar-refractivity contribution in [3.8, 4) is 0 Å². The number of nitrogens with two attached hydrogens (primary N) is 1. The quantitative estimate of drug-likeness (QED) is 0.811. The Morgan fingerprint density at radius 2 is 1.80 bits per heavy atom. The molecule has 2 rings (SSSR count). The van der Waals surface area contributed by atoms with Gasteiger partial charge in [-0.25, -0.2) is 0 Å². The van der Waals surface area contributed by atoms with Crippen LogP contribution in [0.2, 0.25) is 0 Å². The van der Waals surface area contributed by atoms with E-state index < -0.39 is 17.8 Å². The monoisotopic (exact) mass is 350 g/mol. The molecule has 1 unspecified atom stereocenters. The van der Waals surface area contributed by atoms with Crippen molar-refractivity contribution in [3.05, 3.63) is 65.2 Å². The average molecular weight is 350 g/mol. The summed E-state index contributed by atoms with van der Waals surface area (Å²) >= 11 is 0. The first-order valence-corrected chi connectivity index (χ1v) is 8.03. The fraction of sp³-hybridized carbons (Fsp3) is 0.316. The standard InChI is InChI=1S/C19H21F3N2O/c1-3-24(18(25)11-14-7-9-17(23)10-8-14)13(2)15-5-4-6-16(12-15)19(20,21)22/h4-10,12-13H,3,11,23H2,1-2H3. The van der Waals surface area contributed by atoms with Crippen molar-refractivity contribution in [1.82, 2.24) is 4.90 Å². The second kappa shape index (κ2) is 7.59. The highest BCUT2D eigenvalue weighted by Crippen LogP contribution is 2.32. The number of amides is 1. The highest BCUT2D eigenvalue weighted by atomic mass is 19.4. The van der Waals surface area contributed by atoms with Crippen LogP contribution in [0, 0.1) is 0 Å². The minimum absolute atomic E-state index is 0.141. The van der Waals surface area contributed by atoms with Crippen molar-refractivity contribution in [2.45, 2.75) is 32.5 Å². The molecule has 0 radical (unpaired) electrons. The third kappa shape index (κ3) is 4.75. The third-order valence-corrected chi connectivity index (χ3v) is 4.16. The lowest BCUT2D eigenvalue weighted by atomic mass is 10.0. The third-order valence-electron chi connectivity index (χ3n) is 4.16. The van der Waals surface area contributed by atoms with E-state index >= 15 is 0 Å². The van der Waals surface area contributed by atoms with Crippen molar-refractivity contribution in [2.24, 2.45) is 0 Å². The Morgan fingerprint density at radius 3 is 2.36 bits per heavy atom. The second-order valence-electron chi connectivity index (χ2n) is 5.90. The number of carbonyl (C=O) groups excluding carboxylic acids is 1. The molecular formula is C19H21F3N2O. The van der Waals surface area contributed by atoms with Crippen LogP contribution in [0.5, 0.6) is 0 Å². The summed E-state index contributed by atoms with van der Waals surface area (Å²) in [4.78, 5) is 14.2. The Hall–Kier alpha value is -2.50. The van der Waals surface area contributed by atoms with E-state index in [-0.39, 0.29) is 12.3 Å². The lowest BCUT2D eigenvalue weighted by Crippen LogP contribution is -2.34. The molecule has 0 aliphatic heterocycles. The molecule has 2 aromatic rings. The van der Waals surface area contributed by atoms with Crippen molar-refractivity contribution in [1.29, 1.82) is 0 Å². The molecule has 0 aliphatic rings. The lowest BCUT2D eigenvalue weighted by Gasteiger charge is -2.29. The summed E-state index contributed by atoms with van der Waals surface area (Å²) in [5, 5.41) is 0. The molecule has 25 heavy (non-hydrogen) atoms. The Morgan fingerprint density at radius 1 is 1.16 bits per heavy atom. The zero-order valence-corrected chi connectivity index (χ0v) is 14.2. The summed E-state index contributed by atoms with van der Waals surface area (Å²) in [6.07, 6.45) is -4.22. The molecule has 0 spiro atoms. The Balaban J connectivity index is 2.18. The van der Waals surface area contributed by atoms with Crippen LogP contribution in [-0.2, 0) is 17.4 Å². The van der Waals surface area contributed by atoms with Crippen molar-refractivity contribution in [3.63, 3.8) is 0 Å². The molecule has 0 saturated heterocycles.